The molecule has 1 N–H and O–H groups in total. The molecule has 21 heavy (non-hydrogen) atoms. The summed E-state index contributed by atoms with van der Waals surface area (Å²) >= 11 is 0. The van der Waals surface area contributed by atoms with Gasteiger partial charge in [0.1, 0.15) is 0 Å². The molecule has 1 aromatic carbocycles. The molecular formula is C15H22N2O3S. The molecule has 0 bridgehead atoms. The monoisotopic (exact) mass is 310 g/mol. The van der Waals surface area contributed by atoms with Gasteiger partial charge in [0.15, 0.2) is 0 Å². The fourth-order valence-corrected chi connectivity index (χ4v) is 4.45. The SMILES string of the molecule is CCN1C[C@H](C)[C@H](NS(=O)(=O)c2ccc3c(c2)COC3)C1. The van der Waals surface area contributed by atoms with E-state index in [1.807, 2.05) is 6.07 Å². The van der Waals surface area contributed by atoms with Gasteiger partial charge in [-0.15, -0.1) is 0 Å². The lowest BCUT2D eigenvalue weighted by atomic mass is 10.1. The van der Waals surface area contributed by atoms with Crippen LogP contribution in [0.25, 0.3) is 0 Å². The number of ether oxygens (including phenoxy) is 1. The Morgan fingerprint density at radius 1 is 1.29 bits per heavy atom. The van der Waals surface area contributed by atoms with Crippen molar-refractivity contribution in [3.63, 3.8) is 0 Å². The average Bonchev–Trinajstić information content (AvgIpc) is 3.04. The highest BCUT2D eigenvalue weighted by molar-refractivity contribution is 7.89. The first kappa shape index (κ1) is 15.0. The normalized spacial score (nSPS) is 26.2. The van der Waals surface area contributed by atoms with Crippen LogP contribution in [0.15, 0.2) is 23.1 Å². The predicted molar refractivity (Wildman–Crippen MR) is 80.3 cm³/mol. The summed E-state index contributed by atoms with van der Waals surface area (Å²) in [6, 6.07) is 5.25. The van der Waals surface area contributed by atoms with Gasteiger partial charge in [-0.2, -0.15) is 0 Å². The standard InChI is InChI=1S/C15H22N2O3S/c1-3-17-7-11(2)15(8-17)16-21(18,19)14-5-4-12-9-20-10-13(12)6-14/h4-6,11,15-16H,3,7-10H2,1-2H3/t11-,15+/m0/s1. The smallest absolute Gasteiger partial charge is 0.240 e. The van der Waals surface area contributed by atoms with E-state index in [1.54, 1.807) is 12.1 Å². The Hall–Kier alpha value is -0.950. The lowest BCUT2D eigenvalue weighted by Gasteiger charge is -2.17. The topological polar surface area (TPSA) is 58.6 Å². The number of hydrogen-bond donors (Lipinski definition) is 1. The van der Waals surface area contributed by atoms with E-state index in [-0.39, 0.29) is 6.04 Å². The molecule has 116 valence electrons. The number of fused-ring (bicyclic) bond motifs is 1. The van der Waals surface area contributed by atoms with Gasteiger partial charge in [0.05, 0.1) is 18.1 Å². The van der Waals surface area contributed by atoms with E-state index >= 15 is 0 Å². The second kappa shape index (κ2) is 5.68. The zero-order valence-corrected chi connectivity index (χ0v) is 13.3. The molecule has 0 spiro atoms. The van der Waals surface area contributed by atoms with Gasteiger partial charge >= 0.3 is 0 Å². The Labute approximate surface area is 126 Å². The van der Waals surface area contributed by atoms with Gasteiger partial charge < -0.3 is 9.64 Å². The molecule has 3 rings (SSSR count). The van der Waals surface area contributed by atoms with Crippen LogP contribution < -0.4 is 4.72 Å². The largest absolute Gasteiger partial charge is 0.372 e. The predicted octanol–water partition coefficient (Wildman–Crippen LogP) is 1.34. The van der Waals surface area contributed by atoms with E-state index in [1.165, 1.54) is 0 Å². The molecule has 6 heteroatoms. The Morgan fingerprint density at radius 2 is 2.05 bits per heavy atom. The van der Waals surface area contributed by atoms with Crippen molar-refractivity contribution < 1.29 is 13.2 Å². The number of hydrogen-bond acceptors (Lipinski definition) is 4. The highest BCUT2D eigenvalue weighted by Gasteiger charge is 2.32. The highest BCUT2D eigenvalue weighted by Crippen LogP contribution is 2.24. The maximum absolute atomic E-state index is 12.6. The first-order chi connectivity index (χ1) is 9.99. The van der Waals surface area contributed by atoms with Crippen LogP contribution in [0, 0.1) is 5.92 Å². The van der Waals surface area contributed by atoms with Gasteiger partial charge in [0.2, 0.25) is 10.0 Å². The molecule has 2 aliphatic rings. The van der Waals surface area contributed by atoms with Gasteiger partial charge in [-0.25, -0.2) is 13.1 Å². The molecule has 2 atom stereocenters. The van der Waals surface area contributed by atoms with E-state index in [0.29, 0.717) is 24.0 Å². The van der Waals surface area contributed by atoms with Crippen LogP contribution in [0.1, 0.15) is 25.0 Å². The van der Waals surface area contributed by atoms with Crippen LogP contribution in [-0.4, -0.2) is 39.0 Å². The maximum atomic E-state index is 12.6. The molecule has 0 radical (unpaired) electrons. The molecule has 0 amide bonds. The molecule has 1 fully saturated rings. The van der Waals surface area contributed by atoms with Crippen LogP contribution >= 0.6 is 0 Å². The average molecular weight is 310 g/mol. The van der Waals surface area contributed by atoms with Gasteiger partial charge in [-0.05, 0) is 35.7 Å². The van der Waals surface area contributed by atoms with E-state index < -0.39 is 10.0 Å². The summed E-state index contributed by atoms with van der Waals surface area (Å²) in [5.41, 5.74) is 2.06. The number of nitrogens with one attached hydrogen (secondary N) is 1. The van der Waals surface area contributed by atoms with Crippen molar-refractivity contribution >= 4 is 10.0 Å². The first-order valence-electron chi connectivity index (χ1n) is 7.44. The molecule has 1 aromatic rings. The summed E-state index contributed by atoms with van der Waals surface area (Å²) in [5, 5.41) is 0. The van der Waals surface area contributed by atoms with E-state index in [4.69, 9.17) is 4.74 Å². The van der Waals surface area contributed by atoms with Crippen molar-refractivity contribution in [2.24, 2.45) is 5.92 Å². The lowest BCUT2D eigenvalue weighted by Crippen LogP contribution is -2.39. The van der Waals surface area contributed by atoms with Gasteiger partial charge in [0, 0.05) is 19.1 Å². The van der Waals surface area contributed by atoms with Crippen molar-refractivity contribution in [3.8, 4) is 0 Å². The molecular weight excluding hydrogens is 288 g/mol. The Morgan fingerprint density at radius 3 is 2.76 bits per heavy atom. The maximum Gasteiger partial charge on any atom is 0.240 e. The van der Waals surface area contributed by atoms with Crippen molar-refractivity contribution in [2.75, 3.05) is 19.6 Å². The lowest BCUT2D eigenvalue weighted by molar-refractivity contribution is 0.134. The summed E-state index contributed by atoms with van der Waals surface area (Å²) in [6.07, 6.45) is 0. The third kappa shape index (κ3) is 2.99. The highest BCUT2D eigenvalue weighted by atomic mass is 32.2. The van der Waals surface area contributed by atoms with Crippen LogP contribution in [-0.2, 0) is 28.0 Å². The van der Waals surface area contributed by atoms with Gasteiger partial charge in [-0.1, -0.05) is 19.9 Å². The fraction of sp³-hybridized carbons (Fsp3) is 0.600. The Kier molecular flexibility index (Phi) is 4.05. The van der Waals surface area contributed by atoms with Crippen molar-refractivity contribution in [2.45, 2.75) is 38.0 Å². The molecule has 0 saturated carbocycles. The number of nitrogens with zero attached hydrogens (tertiary/aromatic N) is 1. The van der Waals surface area contributed by atoms with Crippen molar-refractivity contribution in [1.29, 1.82) is 0 Å². The quantitative estimate of drug-likeness (QED) is 0.911. The minimum absolute atomic E-state index is 0.0144. The minimum atomic E-state index is -3.46. The first-order valence-corrected chi connectivity index (χ1v) is 8.92. The molecule has 2 aliphatic heterocycles. The number of sulfonamides is 1. The second-order valence-corrected chi connectivity index (χ2v) is 7.69. The second-order valence-electron chi connectivity index (χ2n) is 5.98. The number of rotatable bonds is 4. The number of benzene rings is 1. The summed E-state index contributed by atoms with van der Waals surface area (Å²) in [5.74, 6) is 0.331. The third-order valence-corrected chi connectivity index (χ3v) is 5.93. The molecule has 0 aromatic heterocycles. The number of likely N-dealkylation sites (N-methyl/N-ethyl adjacent to an activating group) is 1. The molecule has 2 heterocycles. The summed E-state index contributed by atoms with van der Waals surface area (Å²) in [4.78, 5) is 2.61. The van der Waals surface area contributed by atoms with Crippen LogP contribution in [0.3, 0.4) is 0 Å². The zero-order valence-electron chi connectivity index (χ0n) is 12.5. The summed E-state index contributed by atoms with van der Waals surface area (Å²) in [6.45, 7) is 7.96. The molecule has 5 nitrogen and oxygen atoms in total. The molecule has 0 unspecified atom stereocenters. The van der Waals surface area contributed by atoms with E-state index in [2.05, 4.69) is 23.5 Å². The van der Waals surface area contributed by atoms with E-state index in [9.17, 15) is 8.42 Å². The molecule has 1 saturated heterocycles. The van der Waals surface area contributed by atoms with Crippen LogP contribution in [0.2, 0.25) is 0 Å². The van der Waals surface area contributed by atoms with Crippen LogP contribution in [0.5, 0.6) is 0 Å². The minimum Gasteiger partial charge on any atom is -0.372 e. The van der Waals surface area contributed by atoms with E-state index in [0.717, 1.165) is 30.8 Å². The zero-order chi connectivity index (χ0) is 15.0. The summed E-state index contributed by atoms with van der Waals surface area (Å²) in [7, 11) is -3.46. The fourth-order valence-electron chi connectivity index (χ4n) is 3.06. The van der Waals surface area contributed by atoms with Crippen LogP contribution in [0.4, 0.5) is 0 Å². The van der Waals surface area contributed by atoms with Crippen molar-refractivity contribution in [1.82, 2.24) is 9.62 Å². The van der Waals surface area contributed by atoms with Gasteiger partial charge in [0.25, 0.3) is 0 Å². The summed E-state index contributed by atoms with van der Waals surface area (Å²) < 4.78 is 33.3. The Bertz CT molecular complexity index is 630. The van der Waals surface area contributed by atoms with Gasteiger partial charge in [-0.3, -0.25) is 0 Å². The number of likely N-dealkylation sites (tertiary alicyclic amines) is 1. The third-order valence-electron chi connectivity index (χ3n) is 4.44. The Balaban J connectivity index is 1.78. The van der Waals surface area contributed by atoms with Crippen molar-refractivity contribution in [3.05, 3.63) is 29.3 Å². The molecule has 0 aliphatic carbocycles.